The van der Waals surface area contributed by atoms with E-state index in [1.54, 1.807) is 12.3 Å². The van der Waals surface area contributed by atoms with Crippen molar-refractivity contribution in [2.75, 3.05) is 30.0 Å². The van der Waals surface area contributed by atoms with Crippen LogP contribution in [0.2, 0.25) is 0 Å². The smallest absolute Gasteiger partial charge is 0.174 e. The van der Waals surface area contributed by atoms with Crippen LogP contribution in [-0.4, -0.2) is 36.1 Å². The van der Waals surface area contributed by atoms with Gasteiger partial charge in [-0.3, -0.25) is 0 Å². The second-order valence-corrected chi connectivity index (χ2v) is 4.21. The van der Waals surface area contributed by atoms with Crippen molar-refractivity contribution in [1.82, 2.24) is 4.98 Å². The lowest BCUT2D eigenvalue weighted by molar-refractivity contribution is -0.0881. The molecule has 5 N–H and O–H groups in total. The highest BCUT2D eigenvalue weighted by atomic mass is 16.6. The van der Waals surface area contributed by atoms with E-state index in [0.29, 0.717) is 17.2 Å². The lowest BCUT2D eigenvalue weighted by atomic mass is 10.2. The number of pyridine rings is 1. The number of nitrogen functional groups attached to an aromatic ring is 2. The third kappa shape index (κ3) is 2.27. The first-order valence-corrected chi connectivity index (χ1v) is 5.62. The summed E-state index contributed by atoms with van der Waals surface area (Å²) in [6.45, 7) is 0.812. The molecule has 0 aliphatic carbocycles. The second kappa shape index (κ2) is 4.77. The fourth-order valence-corrected chi connectivity index (χ4v) is 2.24. The Morgan fingerprint density at radius 3 is 3.00 bits per heavy atom. The molecule has 0 spiro atoms. The minimum atomic E-state index is -0.823. The standard InChI is InChI=1S/C11H18N4O2/c1-17-11(16)9-3-2-4-15(9)10-8(13)5-7(12)6-14-10/h5-6,9,11,16H,2-4,12-13H2,1H3. The van der Waals surface area contributed by atoms with E-state index in [2.05, 4.69) is 4.98 Å². The van der Waals surface area contributed by atoms with Gasteiger partial charge in [-0.2, -0.15) is 0 Å². The van der Waals surface area contributed by atoms with E-state index in [1.807, 2.05) is 4.90 Å². The number of hydrogen-bond donors (Lipinski definition) is 3. The molecule has 1 aliphatic heterocycles. The molecule has 1 fully saturated rings. The van der Waals surface area contributed by atoms with Gasteiger partial charge in [-0.1, -0.05) is 0 Å². The molecule has 0 saturated carbocycles. The topological polar surface area (TPSA) is 97.6 Å². The Labute approximate surface area is 100 Å². The molecule has 17 heavy (non-hydrogen) atoms. The lowest BCUT2D eigenvalue weighted by Crippen LogP contribution is -2.40. The van der Waals surface area contributed by atoms with Crippen LogP contribution in [0.15, 0.2) is 12.3 Å². The molecule has 0 aromatic carbocycles. The van der Waals surface area contributed by atoms with Crippen LogP contribution in [0.5, 0.6) is 0 Å². The summed E-state index contributed by atoms with van der Waals surface area (Å²) in [5, 5.41) is 9.78. The molecule has 0 radical (unpaired) electrons. The van der Waals surface area contributed by atoms with Crippen LogP contribution in [0.1, 0.15) is 12.8 Å². The van der Waals surface area contributed by atoms with E-state index in [1.165, 1.54) is 7.11 Å². The molecule has 1 aromatic heterocycles. The van der Waals surface area contributed by atoms with Crippen molar-refractivity contribution in [3.05, 3.63) is 12.3 Å². The molecule has 1 saturated heterocycles. The van der Waals surface area contributed by atoms with E-state index in [0.717, 1.165) is 19.4 Å². The number of aliphatic hydroxyl groups is 1. The average molecular weight is 238 g/mol. The van der Waals surface area contributed by atoms with Crippen molar-refractivity contribution in [3.8, 4) is 0 Å². The summed E-state index contributed by atoms with van der Waals surface area (Å²) in [7, 11) is 1.49. The molecule has 0 amide bonds. The number of nitrogens with two attached hydrogens (primary N) is 2. The fourth-order valence-electron chi connectivity index (χ4n) is 2.24. The van der Waals surface area contributed by atoms with Crippen molar-refractivity contribution in [2.24, 2.45) is 0 Å². The van der Waals surface area contributed by atoms with Gasteiger partial charge < -0.3 is 26.2 Å². The number of ether oxygens (including phenoxy) is 1. The Morgan fingerprint density at radius 1 is 1.59 bits per heavy atom. The number of aliphatic hydroxyl groups excluding tert-OH is 1. The van der Waals surface area contributed by atoms with E-state index in [4.69, 9.17) is 16.2 Å². The molecule has 2 heterocycles. The Kier molecular flexibility index (Phi) is 3.35. The predicted molar refractivity (Wildman–Crippen MR) is 66.4 cm³/mol. The average Bonchev–Trinajstić information content (AvgIpc) is 2.77. The Hall–Kier alpha value is -1.53. The molecular weight excluding hydrogens is 220 g/mol. The summed E-state index contributed by atoms with van der Waals surface area (Å²) in [5.74, 6) is 0.665. The molecule has 2 rings (SSSR count). The van der Waals surface area contributed by atoms with Gasteiger partial charge in [0.05, 0.1) is 23.6 Å². The monoisotopic (exact) mass is 238 g/mol. The molecule has 2 unspecified atom stereocenters. The maximum absolute atomic E-state index is 9.78. The van der Waals surface area contributed by atoms with Crippen molar-refractivity contribution in [1.29, 1.82) is 0 Å². The summed E-state index contributed by atoms with van der Waals surface area (Å²) in [5.41, 5.74) is 12.6. The number of hydrogen-bond acceptors (Lipinski definition) is 6. The molecule has 94 valence electrons. The summed E-state index contributed by atoms with van der Waals surface area (Å²) in [6.07, 6.45) is 2.59. The molecule has 6 nitrogen and oxygen atoms in total. The first-order chi connectivity index (χ1) is 8.13. The van der Waals surface area contributed by atoms with Crippen molar-refractivity contribution in [3.63, 3.8) is 0 Å². The van der Waals surface area contributed by atoms with Crippen LogP contribution in [0.25, 0.3) is 0 Å². The third-order valence-electron chi connectivity index (χ3n) is 3.06. The summed E-state index contributed by atoms with van der Waals surface area (Å²) >= 11 is 0. The lowest BCUT2D eigenvalue weighted by Gasteiger charge is -2.29. The van der Waals surface area contributed by atoms with Crippen LogP contribution >= 0.6 is 0 Å². The first-order valence-electron chi connectivity index (χ1n) is 5.62. The minimum Gasteiger partial charge on any atom is -0.397 e. The Balaban J connectivity index is 2.26. The van der Waals surface area contributed by atoms with Crippen LogP contribution in [-0.2, 0) is 4.74 Å². The quantitative estimate of drug-likeness (QED) is 0.650. The zero-order valence-electron chi connectivity index (χ0n) is 9.84. The molecule has 1 aromatic rings. The largest absolute Gasteiger partial charge is 0.397 e. The van der Waals surface area contributed by atoms with Gasteiger partial charge in [-0.25, -0.2) is 4.98 Å². The predicted octanol–water partition coefficient (Wildman–Crippen LogP) is 0.180. The van der Waals surface area contributed by atoms with Crippen LogP contribution in [0.3, 0.4) is 0 Å². The second-order valence-electron chi connectivity index (χ2n) is 4.21. The number of rotatable bonds is 3. The van der Waals surface area contributed by atoms with Crippen molar-refractivity contribution in [2.45, 2.75) is 25.2 Å². The van der Waals surface area contributed by atoms with Crippen LogP contribution in [0.4, 0.5) is 17.2 Å². The van der Waals surface area contributed by atoms with E-state index < -0.39 is 6.29 Å². The van der Waals surface area contributed by atoms with Gasteiger partial charge in [0.2, 0.25) is 0 Å². The van der Waals surface area contributed by atoms with Gasteiger partial charge in [0.1, 0.15) is 0 Å². The van der Waals surface area contributed by atoms with Crippen LogP contribution < -0.4 is 16.4 Å². The van der Waals surface area contributed by atoms with Gasteiger partial charge >= 0.3 is 0 Å². The molecule has 0 bridgehead atoms. The number of nitrogens with zero attached hydrogens (tertiary/aromatic N) is 2. The molecular formula is C11H18N4O2. The maximum Gasteiger partial charge on any atom is 0.174 e. The Bertz CT molecular complexity index is 399. The maximum atomic E-state index is 9.78. The zero-order chi connectivity index (χ0) is 12.4. The normalized spacial score (nSPS) is 21.8. The molecule has 6 heteroatoms. The van der Waals surface area contributed by atoms with E-state index >= 15 is 0 Å². The number of anilines is 3. The zero-order valence-corrected chi connectivity index (χ0v) is 9.84. The molecule has 2 atom stereocenters. The van der Waals surface area contributed by atoms with Gasteiger partial charge in [0.25, 0.3) is 0 Å². The highest BCUT2D eigenvalue weighted by Gasteiger charge is 2.32. The van der Waals surface area contributed by atoms with Gasteiger partial charge in [-0.05, 0) is 18.9 Å². The van der Waals surface area contributed by atoms with Crippen molar-refractivity contribution < 1.29 is 9.84 Å². The summed E-state index contributed by atoms with van der Waals surface area (Å²) in [4.78, 5) is 6.21. The van der Waals surface area contributed by atoms with Crippen molar-refractivity contribution >= 4 is 17.2 Å². The fraction of sp³-hybridized carbons (Fsp3) is 0.545. The SMILES string of the molecule is COC(O)C1CCCN1c1ncc(N)cc1N. The van der Waals surface area contributed by atoms with E-state index in [9.17, 15) is 5.11 Å². The first kappa shape index (κ1) is 11.9. The molecule has 1 aliphatic rings. The Morgan fingerprint density at radius 2 is 2.35 bits per heavy atom. The number of methoxy groups -OCH3 is 1. The van der Waals surface area contributed by atoms with Crippen LogP contribution in [0, 0.1) is 0 Å². The highest BCUT2D eigenvalue weighted by Crippen LogP contribution is 2.30. The summed E-state index contributed by atoms with van der Waals surface area (Å²) < 4.78 is 4.97. The van der Waals surface area contributed by atoms with Gasteiger partial charge in [-0.15, -0.1) is 0 Å². The van der Waals surface area contributed by atoms with Gasteiger partial charge in [0.15, 0.2) is 12.1 Å². The number of aromatic nitrogens is 1. The third-order valence-corrected chi connectivity index (χ3v) is 3.06. The summed E-state index contributed by atoms with van der Waals surface area (Å²) in [6, 6.07) is 1.58. The van der Waals surface area contributed by atoms with E-state index in [-0.39, 0.29) is 6.04 Å². The minimum absolute atomic E-state index is 0.0987. The van der Waals surface area contributed by atoms with Gasteiger partial charge in [0, 0.05) is 13.7 Å². The highest BCUT2D eigenvalue weighted by molar-refractivity contribution is 5.67.